The van der Waals surface area contributed by atoms with E-state index in [4.69, 9.17) is 11.6 Å². The van der Waals surface area contributed by atoms with Gasteiger partial charge in [0.2, 0.25) is 0 Å². The van der Waals surface area contributed by atoms with Gasteiger partial charge in [-0.1, -0.05) is 11.6 Å². The number of nitrogens with zero attached hydrogens (tertiary/aromatic N) is 4. The summed E-state index contributed by atoms with van der Waals surface area (Å²) in [7, 11) is 0. The van der Waals surface area contributed by atoms with Crippen molar-refractivity contribution >= 4 is 29.0 Å². The van der Waals surface area contributed by atoms with Crippen molar-refractivity contribution < 1.29 is 4.79 Å². The highest BCUT2D eigenvalue weighted by atomic mass is 35.5. The average Bonchev–Trinajstić information content (AvgIpc) is 3.52. The van der Waals surface area contributed by atoms with E-state index in [1.807, 2.05) is 28.3 Å². The number of rotatable bonds is 4. The summed E-state index contributed by atoms with van der Waals surface area (Å²) in [5.74, 6) is 1.09. The summed E-state index contributed by atoms with van der Waals surface area (Å²) in [5.41, 5.74) is 4.07. The van der Waals surface area contributed by atoms with E-state index in [1.54, 1.807) is 6.07 Å². The van der Waals surface area contributed by atoms with E-state index in [2.05, 4.69) is 16.0 Å². The van der Waals surface area contributed by atoms with Crippen LogP contribution in [0.5, 0.6) is 0 Å². The molecule has 1 saturated heterocycles. The number of urea groups is 1. The Labute approximate surface area is 151 Å². The third kappa shape index (κ3) is 2.76. The minimum atomic E-state index is -0.00101. The minimum Gasteiger partial charge on any atom is -0.292 e. The molecule has 3 fully saturated rings. The smallest absolute Gasteiger partial charge is 0.292 e. The number of hydrogen-bond donors (Lipinski definition) is 0. The van der Waals surface area contributed by atoms with Crippen molar-refractivity contribution in [2.45, 2.75) is 37.5 Å². The van der Waals surface area contributed by atoms with Crippen LogP contribution in [-0.4, -0.2) is 29.1 Å². The van der Waals surface area contributed by atoms with Crippen molar-refractivity contribution in [1.29, 1.82) is 0 Å². The van der Waals surface area contributed by atoms with E-state index in [-0.39, 0.29) is 6.03 Å². The maximum atomic E-state index is 13.1. The van der Waals surface area contributed by atoms with Crippen LogP contribution in [0.4, 0.5) is 16.2 Å². The largest absolute Gasteiger partial charge is 0.329 e. The molecule has 2 aromatic heterocycles. The van der Waals surface area contributed by atoms with Crippen molar-refractivity contribution in [3.05, 3.63) is 47.0 Å². The van der Waals surface area contributed by atoms with Crippen LogP contribution in [0.3, 0.4) is 0 Å². The number of amides is 2. The summed E-state index contributed by atoms with van der Waals surface area (Å²) < 4.78 is 0. The second-order valence-corrected chi connectivity index (χ2v) is 7.53. The van der Waals surface area contributed by atoms with Gasteiger partial charge in [-0.25, -0.2) is 9.78 Å². The molecule has 0 N–H and O–H groups in total. The van der Waals surface area contributed by atoms with Crippen LogP contribution in [0.25, 0.3) is 0 Å². The Morgan fingerprint density at radius 2 is 1.80 bits per heavy atom. The fourth-order valence-electron chi connectivity index (χ4n) is 3.61. The molecule has 5 rings (SSSR count). The Kier molecular flexibility index (Phi) is 3.45. The highest BCUT2D eigenvalue weighted by molar-refractivity contribution is 6.29. The number of hydrogen-bond acceptors (Lipinski definition) is 3. The molecule has 1 aliphatic heterocycles. The number of anilines is 2. The molecule has 2 aromatic rings. The van der Waals surface area contributed by atoms with Gasteiger partial charge in [-0.05, 0) is 55.4 Å². The molecule has 2 aliphatic carbocycles. The van der Waals surface area contributed by atoms with Gasteiger partial charge in [0.25, 0.3) is 0 Å². The van der Waals surface area contributed by atoms with Crippen LogP contribution in [0.1, 0.15) is 48.8 Å². The molecule has 0 aromatic carbocycles. The van der Waals surface area contributed by atoms with Crippen LogP contribution < -0.4 is 9.80 Å². The Morgan fingerprint density at radius 3 is 2.56 bits per heavy atom. The number of carbonyl (C=O) groups excluding carboxylic acids is 1. The molecule has 128 valence electrons. The van der Waals surface area contributed by atoms with Crippen molar-refractivity contribution in [3.8, 4) is 0 Å². The summed E-state index contributed by atoms with van der Waals surface area (Å²) in [6, 6.07) is 5.87. The number of halogens is 1. The zero-order valence-corrected chi connectivity index (χ0v) is 14.6. The molecular weight excluding hydrogens is 336 g/mol. The molecule has 2 amide bonds. The van der Waals surface area contributed by atoms with Gasteiger partial charge >= 0.3 is 6.03 Å². The molecule has 3 aliphatic rings. The SMILES string of the molecule is O=C1N(c2cc(Cl)nc(C3CC3)c2)CCN1c1cnccc1C1CC1. The summed E-state index contributed by atoms with van der Waals surface area (Å²) in [5, 5.41) is 0.464. The maximum Gasteiger partial charge on any atom is 0.329 e. The van der Waals surface area contributed by atoms with Gasteiger partial charge in [0.05, 0.1) is 17.6 Å². The van der Waals surface area contributed by atoms with E-state index in [9.17, 15) is 4.79 Å². The first-order valence-electron chi connectivity index (χ1n) is 8.91. The lowest BCUT2D eigenvalue weighted by Crippen LogP contribution is -2.32. The van der Waals surface area contributed by atoms with Crippen LogP contribution in [0.2, 0.25) is 5.15 Å². The van der Waals surface area contributed by atoms with E-state index < -0.39 is 0 Å². The highest BCUT2D eigenvalue weighted by Gasteiger charge is 2.36. The standard InChI is InChI=1S/C19H19ClN4O/c20-18-10-14(9-16(22-18)13-3-4-13)23-7-8-24(19(23)25)17-11-21-6-5-15(17)12-1-2-12/h5-6,9-13H,1-4,7-8H2. The highest BCUT2D eigenvalue weighted by Crippen LogP contribution is 2.45. The summed E-state index contributed by atoms with van der Waals surface area (Å²) in [4.78, 5) is 25.4. The number of pyridine rings is 2. The third-order valence-electron chi connectivity index (χ3n) is 5.26. The van der Waals surface area contributed by atoms with Crippen LogP contribution >= 0.6 is 11.6 Å². The Bertz CT molecular complexity index is 847. The molecule has 5 nitrogen and oxygen atoms in total. The average molecular weight is 355 g/mol. The quantitative estimate of drug-likeness (QED) is 0.768. The van der Waals surface area contributed by atoms with Crippen LogP contribution in [0.15, 0.2) is 30.6 Å². The van der Waals surface area contributed by atoms with Gasteiger partial charge < -0.3 is 0 Å². The first-order chi connectivity index (χ1) is 12.2. The van der Waals surface area contributed by atoms with Crippen molar-refractivity contribution in [3.63, 3.8) is 0 Å². The molecule has 2 saturated carbocycles. The van der Waals surface area contributed by atoms with E-state index in [0.717, 1.165) is 29.9 Å². The van der Waals surface area contributed by atoms with Gasteiger partial charge in [-0.15, -0.1) is 0 Å². The second-order valence-electron chi connectivity index (χ2n) is 7.14. The molecule has 6 heteroatoms. The third-order valence-corrected chi connectivity index (χ3v) is 5.45. The fraction of sp³-hybridized carbons (Fsp3) is 0.421. The lowest BCUT2D eigenvalue weighted by molar-refractivity contribution is 0.256. The molecule has 3 heterocycles. The van der Waals surface area contributed by atoms with Crippen molar-refractivity contribution in [2.75, 3.05) is 22.9 Å². The Hall–Kier alpha value is -2.14. The van der Waals surface area contributed by atoms with Gasteiger partial charge in [-0.3, -0.25) is 14.8 Å². The maximum absolute atomic E-state index is 13.1. The zero-order valence-electron chi connectivity index (χ0n) is 13.9. The lowest BCUT2D eigenvalue weighted by Gasteiger charge is -2.21. The molecule has 0 atom stereocenters. The van der Waals surface area contributed by atoms with E-state index in [1.165, 1.54) is 18.4 Å². The van der Waals surface area contributed by atoms with Gasteiger partial charge in [-0.2, -0.15) is 0 Å². The van der Waals surface area contributed by atoms with E-state index in [0.29, 0.717) is 30.1 Å². The first kappa shape index (κ1) is 15.1. The Balaban J connectivity index is 1.46. The zero-order chi connectivity index (χ0) is 17.0. The van der Waals surface area contributed by atoms with E-state index >= 15 is 0 Å². The molecule has 0 bridgehead atoms. The topological polar surface area (TPSA) is 49.3 Å². The summed E-state index contributed by atoms with van der Waals surface area (Å²) >= 11 is 6.20. The fourth-order valence-corrected chi connectivity index (χ4v) is 3.82. The molecular formula is C19H19ClN4O. The molecule has 0 spiro atoms. The summed E-state index contributed by atoms with van der Waals surface area (Å²) in [6.45, 7) is 1.32. The minimum absolute atomic E-state index is 0.00101. The monoisotopic (exact) mass is 354 g/mol. The predicted molar refractivity (Wildman–Crippen MR) is 97.5 cm³/mol. The Morgan fingerprint density at radius 1 is 1.04 bits per heavy atom. The lowest BCUT2D eigenvalue weighted by atomic mass is 10.1. The number of carbonyl (C=O) groups is 1. The van der Waals surface area contributed by atoms with Crippen LogP contribution in [-0.2, 0) is 0 Å². The van der Waals surface area contributed by atoms with Crippen LogP contribution in [0, 0.1) is 0 Å². The van der Waals surface area contributed by atoms with Gasteiger partial charge in [0, 0.05) is 30.9 Å². The molecule has 25 heavy (non-hydrogen) atoms. The van der Waals surface area contributed by atoms with Gasteiger partial charge in [0.15, 0.2) is 0 Å². The molecule has 0 unspecified atom stereocenters. The second kappa shape index (κ2) is 5.70. The summed E-state index contributed by atoms with van der Waals surface area (Å²) in [6.07, 6.45) is 8.37. The normalized spacial score (nSPS) is 20.4. The van der Waals surface area contributed by atoms with Crippen molar-refractivity contribution in [2.24, 2.45) is 0 Å². The first-order valence-corrected chi connectivity index (χ1v) is 9.29. The number of aromatic nitrogens is 2. The predicted octanol–water partition coefficient (Wildman–Crippen LogP) is 4.33. The van der Waals surface area contributed by atoms with Gasteiger partial charge in [0.1, 0.15) is 5.15 Å². The van der Waals surface area contributed by atoms with Crippen molar-refractivity contribution in [1.82, 2.24) is 9.97 Å². The molecule has 0 radical (unpaired) electrons.